The molecule has 2 aromatic carbocycles. The Bertz CT molecular complexity index is 946. The summed E-state index contributed by atoms with van der Waals surface area (Å²) in [5, 5.41) is 3.41. The van der Waals surface area contributed by atoms with Crippen LogP contribution < -0.4 is 10.2 Å². The molecule has 2 heterocycles. The zero-order valence-corrected chi connectivity index (χ0v) is 16.8. The molecule has 1 N–H and O–H groups in total. The number of rotatable bonds is 6. The smallest absolute Gasteiger partial charge is 0.135 e. The van der Waals surface area contributed by atoms with Crippen LogP contribution in [0.5, 0.6) is 0 Å². The first-order valence-electron chi connectivity index (χ1n) is 10.1. The molecule has 0 amide bonds. The second-order valence-corrected chi connectivity index (χ2v) is 7.30. The maximum Gasteiger partial charge on any atom is 0.135 e. The van der Waals surface area contributed by atoms with E-state index in [1.807, 2.05) is 24.3 Å². The van der Waals surface area contributed by atoms with Crippen molar-refractivity contribution in [3.05, 3.63) is 84.2 Å². The molecule has 1 aliphatic rings. The molecule has 1 aromatic heterocycles. The lowest BCUT2D eigenvalue weighted by molar-refractivity contribution is 0.283. The van der Waals surface area contributed by atoms with Gasteiger partial charge in [-0.1, -0.05) is 60.7 Å². The molecule has 0 atom stereocenters. The van der Waals surface area contributed by atoms with Gasteiger partial charge in [0.25, 0.3) is 0 Å². The van der Waals surface area contributed by atoms with Crippen LogP contribution in [0.3, 0.4) is 0 Å². The summed E-state index contributed by atoms with van der Waals surface area (Å²) in [5.74, 6) is 1.81. The lowest BCUT2D eigenvalue weighted by atomic mass is 10.2. The molecule has 5 heteroatoms. The number of benzene rings is 2. The summed E-state index contributed by atoms with van der Waals surface area (Å²) in [6.07, 6.45) is 6.09. The van der Waals surface area contributed by atoms with Crippen molar-refractivity contribution in [3.8, 4) is 0 Å². The molecule has 1 saturated heterocycles. The summed E-state index contributed by atoms with van der Waals surface area (Å²) in [7, 11) is 0. The summed E-state index contributed by atoms with van der Waals surface area (Å²) in [5.41, 5.74) is 3.53. The maximum atomic E-state index is 4.50. The van der Waals surface area contributed by atoms with Gasteiger partial charge in [-0.05, 0) is 24.1 Å². The molecule has 148 valence electrons. The molecule has 3 aromatic rings. The van der Waals surface area contributed by atoms with E-state index in [1.54, 1.807) is 6.33 Å². The van der Waals surface area contributed by atoms with Crippen molar-refractivity contribution < 1.29 is 0 Å². The van der Waals surface area contributed by atoms with Crippen LogP contribution in [0.2, 0.25) is 0 Å². The second kappa shape index (κ2) is 9.34. The quantitative estimate of drug-likeness (QED) is 0.683. The van der Waals surface area contributed by atoms with Crippen molar-refractivity contribution in [3.63, 3.8) is 0 Å². The van der Waals surface area contributed by atoms with Gasteiger partial charge >= 0.3 is 0 Å². The van der Waals surface area contributed by atoms with E-state index in [-0.39, 0.29) is 0 Å². The third-order valence-corrected chi connectivity index (χ3v) is 5.23. The van der Waals surface area contributed by atoms with E-state index in [0.717, 1.165) is 50.0 Å². The van der Waals surface area contributed by atoms with E-state index in [4.69, 9.17) is 0 Å². The fourth-order valence-corrected chi connectivity index (χ4v) is 3.50. The molecule has 0 aliphatic carbocycles. The number of aryl methyl sites for hydroxylation is 1. The number of nitrogens with zero attached hydrogens (tertiary/aromatic N) is 4. The Hall–Kier alpha value is -3.18. The highest BCUT2D eigenvalue weighted by atomic mass is 15.3. The van der Waals surface area contributed by atoms with Crippen molar-refractivity contribution in [2.75, 3.05) is 42.9 Å². The van der Waals surface area contributed by atoms with E-state index < -0.39 is 0 Å². The Labute approximate surface area is 172 Å². The molecule has 0 bridgehead atoms. The summed E-state index contributed by atoms with van der Waals surface area (Å²) in [4.78, 5) is 13.7. The van der Waals surface area contributed by atoms with Crippen molar-refractivity contribution in [2.45, 2.75) is 6.92 Å². The van der Waals surface area contributed by atoms with Gasteiger partial charge in [0, 0.05) is 44.5 Å². The Morgan fingerprint density at radius 1 is 0.931 bits per heavy atom. The topological polar surface area (TPSA) is 44.3 Å². The number of hydrogen-bond donors (Lipinski definition) is 1. The Balaban J connectivity index is 1.32. The van der Waals surface area contributed by atoms with Crippen molar-refractivity contribution in [1.82, 2.24) is 14.9 Å². The standard InChI is InChI=1S/C24H27N5/c1-20-8-5-6-12-22(20)27-23-18-24(26-19-25-23)29-16-14-28(15-17-29)13-7-11-21-9-3-2-4-10-21/h2-12,18-19H,13-17H2,1H3,(H,25,26,27)/b11-7+. The molecular formula is C24H27N5. The molecule has 0 spiro atoms. The minimum Gasteiger partial charge on any atom is -0.354 e. The number of para-hydroxylation sites is 1. The van der Waals surface area contributed by atoms with Crippen LogP contribution in [0.25, 0.3) is 6.08 Å². The number of nitrogens with one attached hydrogen (secondary N) is 1. The molecule has 1 fully saturated rings. The summed E-state index contributed by atoms with van der Waals surface area (Å²) >= 11 is 0. The Morgan fingerprint density at radius 2 is 1.69 bits per heavy atom. The van der Waals surface area contributed by atoms with E-state index in [2.05, 4.69) is 80.6 Å². The number of anilines is 3. The molecular weight excluding hydrogens is 358 g/mol. The minimum atomic E-state index is 0.831. The predicted molar refractivity (Wildman–Crippen MR) is 121 cm³/mol. The lowest BCUT2D eigenvalue weighted by Crippen LogP contribution is -2.46. The molecule has 5 nitrogen and oxygen atoms in total. The van der Waals surface area contributed by atoms with Crippen LogP contribution in [0.15, 0.2) is 73.1 Å². The van der Waals surface area contributed by atoms with Crippen molar-refractivity contribution in [2.24, 2.45) is 0 Å². The van der Waals surface area contributed by atoms with Crippen LogP contribution in [-0.2, 0) is 0 Å². The third-order valence-electron chi connectivity index (χ3n) is 5.23. The van der Waals surface area contributed by atoms with E-state index in [1.165, 1.54) is 11.1 Å². The monoisotopic (exact) mass is 385 g/mol. The van der Waals surface area contributed by atoms with Crippen LogP contribution >= 0.6 is 0 Å². The Kier molecular flexibility index (Phi) is 6.17. The summed E-state index contributed by atoms with van der Waals surface area (Å²) < 4.78 is 0. The normalized spacial score (nSPS) is 15.0. The second-order valence-electron chi connectivity index (χ2n) is 7.30. The molecule has 0 radical (unpaired) electrons. The van der Waals surface area contributed by atoms with Gasteiger partial charge in [-0.25, -0.2) is 9.97 Å². The number of hydrogen-bond acceptors (Lipinski definition) is 5. The van der Waals surface area contributed by atoms with E-state index >= 15 is 0 Å². The minimum absolute atomic E-state index is 0.831. The number of piperazine rings is 1. The molecule has 4 rings (SSSR count). The van der Waals surface area contributed by atoms with Gasteiger partial charge < -0.3 is 10.2 Å². The summed E-state index contributed by atoms with van der Waals surface area (Å²) in [6.45, 7) is 7.08. The first kappa shape index (κ1) is 19.2. The van der Waals surface area contributed by atoms with Gasteiger partial charge in [-0.2, -0.15) is 0 Å². The van der Waals surface area contributed by atoms with E-state index in [9.17, 15) is 0 Å². The van der Waals surface area contributed by atoms with E-state index in [0.29, 0.717) is 0 Å². The van der Waals surface area contributed by atoms with Crippen LogP contribution in [0.4, 0.5) is 17.3 Å². The van der Waals surface area contributed by atoms with Crippen molar-refractivity contribution >= 4 is 23.4 Å². The van der Waals surface area contributed by atoms with Gasteiger partial charge in [0.1, 0.15) is 18.0 Å². The predicted octanol–water partition coefficient (Wildman–Crippen LogP) is 4.36. The van der Waals surface area contributed by atoms with Gasteiger partial charge in [-0.3, -0.25) is 4.90 Å². The van der Waals surface area contributed by atoms with Crippen molar-refractivity contribution in [1.29, 1.82) is 0 Å². The van der Waals surface area contributed by atoms with Gasteiger partial charge in [0.2, 0.25) is 0 Å². The van der Waals surface area contributed by atoms with Gasteiger partial charge in [0.15, 0.2) is 0 Å². The first-order valence-corrected chi connectivity index (χ1v) is 10.1. The maximum absolute atomic E-state index is 4.50. The average Bonchev–Trinajstić information content (AvgIpc) is 2.77. The zero-order chi connectivity index (χ0) is 19.9. The fraction of sp³-hybridized carbons (Fsp3) is 0.250. The highest BCUT2D eigenvalue weighted by Gasteiger charge is 2.17. The zero-order valence-electron chi connectivity index (χ0n) is 16.8. The first-order chi connectivity index (χ1) is 14.3. The molecule has 29 heavy (non-hydrogen) atoms. The van der Waals surface area contributed by atoms with Crippen LogP contribution in [-0.4, -0.2) is 47.6 Å². The van der Waals surface area contributed by atoms with Gasteiger partial charge in [0.05, 0.1) is 0 Å². The largest absolute Gasteiger partial charge is 0.354 e. The molecule has 0 unspecified atom stereocenters. The highest BCUT2D eigenvalue weighted by Crippen LogP contribution is 2.21. The van der Waals surface area contributed by atoms with Gasteiger partial charge in [-0.15, -0.1) is 0 Å². The lowest BCUT2D eigenvalue weighted by Gasteiger charge is -2.34. The molecule has 1 aliphatic heterocycles. The van der Waals surface area contributed by atoms with Crippen LogP contribution in [0.1, 0.15) is 11.1 Å². The summed E-state index contributed by atoms with van der Waals surface area (Å²) in [6, 6.07) is 20.7. The average molecular weight is 386 g/mol. The Morgan fingerprint density at radius 3 is 2.48 bits per heavy atom. The van der Waals surface area contributed by atoms with Crippen LogP contribution in [0, 0.1) is 6.92 Å². The number of aromatic nitrogens is 2. The SMILES string of the molecule is Cc1ccccc1Nc1cc(N2CCN(C/C=C/c3ccccc3)CC2)ncn1. The highest BCUT2D eigenvalue weighted by molar-refractivity contribution is 5.62. The third kappa shape index (κ3) is 5.21. The molecule has 0 saturated carbocycles. The fourth-order valence-electron chi connectivity index (χ4n) is 3.50.